The van der Waals surface area contributed by atoms with Crippen molar-refractivity contribution in [2.45, 2.75) is 39.7 Å². The highest BCUT2D eigenvalue weighted by Crippen LogP contribution is 1.98. The summed E-state index contributed by atoms with van der Waals surface area (Å²) < 4.78 is 0. The number of nitrogens with one attached hydrogen (secondary N) is 3. The number of rotatable bonds is 7. The van der Waals surface area contributed by atoms with E-state index in [0.717, 1.165) is 38.6 Å². The topological polar surface area (TPSA) is 48.5 Å². The Hall–Kier alpha value is -1.55. The van der Waals surface area contributed by atoms with Crippen LogP contribution in [-0.4, -0.2) is 37.7 Å². The molecule has 0 radical (unpaired) electrons. The van der Waals surface area contributed by atoms with Gasteiger partial charge in [-0.1, -0.05) is 30.3 Å². The molecule has 0 unspecified atom stereocenters. The van der Waals surface area contributed by atoms with Gasteiger partial charge in [-0.05, 0) is 39.7 Å². The smallest absolute Gasteiger partial charge is 0.191 e. The van der Waals surface area contributed by atoms with Crippen LogP contribution in [0.1, 0.15) is 33.3 Å². The van der Waals surface area contributed by atoms with Crippen molar-refractivity contribution in [3.63, 3.8) is 0 Å². The number of hydrogen-bond acceptors (Lipinski definition) is 2. The van der Waals surface area contributed by atoms with Crippen LogP contribution in [0.15, 0.2) is 35.3 Å². The average Bonchev–Trinajstić information content (AvgIpc) is 2.43. The first-order chi connectivity index (χ1) is 10.0. The third-order valence-corrected chi connectivity index (χ3v) is 2.93. The molecule has 4 nitrogen and oxygen atoms in total. The molecule has 0 bridgehead atoms. The Balaban J connectivity index is 2.31. The maximum absolute atomic E-state index is 4.58. The molecule has 1 rings (SSSR count). The average molecular weight is 290 g/mol. The minimum Gasteiger partial charge on any atom is -0.357 e. The van der Waals surface area contributed by atoms with Crippen molar-refractivity contribution in [1.82, 2.24) is 16.0 Å². The summed E-state index contributed by atoms with van der Waals surface area (Å²) in [7, 11) is 0. The lowest BCUT2D eigenvalue weighted by atomic mass is 10.1. The molecule has 0 aliphatic heterocycles. The van der Waals surface area contributed by atoms with E-state index in [4.69, 9.17) is 0 Å². The van der Waals surface area contributed by atoms with E-state index in [-0.39, 0.29) is 5.54 Å². The van der Waals surface area contributed by atoms with Gasteiger partial charge >= 0.3 is 0 Å². The summed E-state index contributed by atoms with van der Waals surface area (Å²) >= 11 is 0. The Kier molecular flexibility index (Phi) is 7.83. The molecule has 0 amide bonds. The predicted molar refractivity (Wildman–Crippen MR) is 91.9 cm³/mol. The van der Waals surface area contributed by atoms with Gasteiger partial charge in [-0.25, -0.2) is 0 Å². The molecule has 0 spiro atoms. The maximum Gasteiger partial charge on any atom is 0.191 e. The van der Waals surface area contributed by atoms with E-state index in [9.17, 15) is 0 Å². The lowest BCUT2D eigenvalue weighted by Crippen LogP contribution is -2.40. The minimum atomic E-state index is 0.147. The summed E-state index contributed by atoms with van der Waals surface area (Å²) in [6.45, 7) is 12.0. The number of benzene rings is 1. The lowest BCUT2D eigenvalue weighted by Gasteiger charge is -2.20. The first-order valence-electron chi connectivity index (χ1n) is 7.82. The summed E-state index contributed by atoms with van der Waals surface area (Å²) in [5.74, 6) is 0.893. The molecular formula is C17H30N4. The zero-order valence-electron chi connectivity index (χ0n) is 13.9. The molecule has 3 N–H and O–H groups in total. The monoisotopic (exact) mass is 290 g/mol. The summed E-state index contributed by atoms with van der Waals surface area (Å²) in [6.07, 6.45) is 1.01. The van der Waals surface area contributed by atoms with Crippen LogP contribution in [0.3, 0.4) is 0 Å². The molecule has 21 heavy (non-hydrogen) atoms. The minimum absolute atomic E-state index is 0.147. The largest absolute Gasteiger partial charge is 0.357 e. The normalized spacial score (nSPS) is 12.3. The quantitative estimate of drug-likeness (QED) is 0.410. The molecule has 1 aromatic rings. The van der Waals surface area contributed by atoms with E-state index in [1.165, 1.54) is 5.56 Å². The van der Waals surface area contributed by atoms with Crippen molar-refractivity contribution >= 4 is 5.96 Å². The molecule has 0 atom stereocenters. The van der Waals surface area contributed by atoms with E-state index >= 15 is 0 Å². The fraction of sp³-hybridized carbons (Fsp3) is 0.588. The summed E-state index contributed by atoms with van der Waals surface area (Å²) in [5.41, 5.74) is 1.49. The first kappa shape index (κ1) is 17.5. The van der Waals surface area contributed by atoms with Crippen molar-refractivity contribution < 1.29 is 0 Å². The van der Waals surface area contributed by atoms with Crippen LogP contribution in [-0.2, 0) is 6.42 Å². The SMILES string of the molecule is CCNC(=NCCNC(C)(C)C)NCCc1ccccc1. The highest BCUT2D eigenvalue weighted by molar-refractivity contribution is 5.79. The van der Waals surface area contributed by atoms with Crippen LogP contribution >= 0.6 is 0 Å². The number of nitrogens with zero attached hydrogens (tertiary/aromatic N) is 1. The molecule has 0 saturated carbocycles. The van der Waals surface area contributed by atoms with Gasteiger partial charge in [-0.3, -0.25) is 4.99 Å². The van der Waals surface area contributed by atoms with E-state index in [1.807, 2.05) is 6.07 Å². The summed E-state index contributed by atoms with van der Waals surface area (Å²) in [6, 6.07) is 10.5. The highest BCUT2D eigenvalue weighted by Gasteiger charge is 2.07. The predicted octanol–water partition coefficient (Wildman–Crippen LogP) is 2.17. The molecule has 0 aliphatic rings. The Labute approximate surface area is 129 Å². The molecule has 0 fully saturated rings. The van der Waals surface area contributed by atoms with Crippen molar-refractivity contribution in [3.05, 3.63) is 35.9 Å². The fourth-order valence-corrected chi connectivity index (χ4v) is 1.91. The third-order valence-electron chi connectivity index (χ3n) is 2.93. The second-order valence-corrected chi connectivity index (χ2v) is 6.10. The van der Waals surface area contributed by atoms with Crippen LogP contribution in [0, 0.1) is 0 Å². The first-order valence-corrected chi connectivity index (χ1v) is 7.82. The standard InChI is InChI=1S/C17H30N4/c1-5-18-16(20-13-14-21-17(2,3)4)19-12-11-15-9-7-6-8-10-15/h6-10,21H,5,11-14H2,1-4H3,(H2,18,19,20). The second-order valence-electron chi connectivity index (χ2n) is 6.10. The van der Waals surface area contributed by atoms with Gasteiger partial charge in [-0.15, -0.1) is 0 Å². The van der Waals surface area contributed by atoms with E-state index in [0.29, 0.717) is 0 Å². The van der Waals surface area contributed by atoms with Gasteiger partial charge in [0.05, 0.1) is 6.54 Å². The fourth-order valence-electron chi connectivity index (χ4n) is 1.91. The molecule has 0 aliphatic carbocycles. The summed E-state index contributed by atoms with van der Waals surface area (Å²) in [5, 5.41) is 10.1. The Morgan fingerprint density at radius 3 is 2.38 bits per heavy atom. The molecule has 1 aromatic carbocycles. The van der Waals surface area contributed by atoms with E-state index in [1.54, 1.807) is 0 Å². The van der Waals surface area contributed by atoms with Crippen molar-refractivity contribution in [3.8, 4) is 0 Å². The van der Waals surface area contributed by atoms with Crippen LogP contribution in [0.2, 0.25) is 0 Å². The zero-order valence-corrected chi connectivity index (χ0v) is 13.9. The number of aliphatic imine (C=N–C) groups is 1. The van der Waals surface area contributed by atoms with Crippen LogP contribution in [0.5, 0.6) is 0 Å². The van der Waals surface area contributed by atoms with Gasteiger partial charge in [0.1, 0.15) is 0 Å². The molecule has 118 valence electrons. The van der Waals surface area contributed by atoms with Crippen LogP contribution in [0.4, 0.5) is 0 Å². The van der Waals surface area contributed by atoms with Crippen molar-refractivity contribution in [2.75, 3.05) is 26.2 Å². The zero-order chi connectivity index (χ0) is 15.6. The highest BCUT2D eigenvalue weighted by atomic mass is 15.2. The van der Waals surface area contributed by atoms with Crippen LogP contribution in [0.25, 0.3) is 0 Å². The number of guanidine groups is 1. The number of hydrogen-bond donors (Lipinski definition) is 3. The van der Waals surface area contributed by atoms with Gasteiger partial charge in [0.15, 0.2) is 5.96 Å². The summed E-state index contributed by atoms with van der Waals surface area (Å²) in [4.78, 5) is 4.58. The molecule has 0 heterocycles. The van der Waals surface area contributed by atoms with Gasteiger partial charge in [0, 0.05) is 25.2 Å². The molecule has 0 saturated heterocycles. The molecule has 4 heteroatoms. The van der Waals surface area contributed by atoms with Gasteiger partial charge in [-0.2, -0.15) is 0 Å². The van der Waals surface area contributed by atoms with Crippen molar-refractivity contribution in [1.29, 1.82) is 0 Å². The third kappa shape index (κ3) is 9.08. The Morgan fingerprint density at radius 1 is 1.05 bits per heavy atom. The lowest BCUT2D eigenvalue weighted by molar-refractivity contribution is 0.432. The maximum atomic E-state index is 4.58. The molecular weight excluding hydrogens is 260 g/mol. The van der Waals surface area contributed by atoms with Crippen molar-refractivity contribution in [2.24, 2.45) is 4.99 Å². The van der Waals surface area contributed by atoms with Gasteiger partial charge < -0.3 is 16.0 Å². The Morgan fingerprint density at radius 2 is 1.76 bits per heavy atom. The second kappa shape index (κ2) is 9.40. The van der Waals surface area contributed by atoms with E-state index < -0.39 is 0 Å². The van der Waals surface area contributed by atoms with Gasteiger partial charge in [0.2, 0.25) is 0 Å². The Bertz CT molecular complexity index is 407. The molecule has 0 aromatic heterocycles. The van der Waals surface area contributed by atoms with Crippen LogP contribution < -0.4 is 16.0 Å². The van der Waals surface area contributed by atoms with Gasteiger partial charge in [0.25, 0.3) is 0 Å². The van der Waals surface area contributed by atoms with E-state index in [2.05, 4.69) is 72.9 Å².